The molecule has 24 heavy (non-hydrogen) atoms. The number of nitrogens with zero attached hydrogens (tertiary/aromatic N) is 2. The van der Waals surface area contributed by atoms with Crippen LogP contribution in [0.25, 0.3) is 11.4 Å². The fraction of sp³-hybridized carbons (Fsp3) is 0.500. The number of hydrogen-bond donors (Lipinski definition) is 1. The van der Waals surface area contributed by atoms with Crippen LogP contribution in [0, 0.1) is 11.8 Å². The molecule has 0 aliphatic heterocycles. The van der Waals surface area contributed by atoms with E-state index in [1.807, 2.05) is 12.1 Å². The molecule has 0 spiro atoms. The molecule has 128 valence electrons. The van der Waals surface area contributed by atoms with Gasteiger partial charge in [-0.2, -0.15) is 4.98 Å². The quantitative estimate of drug-likeness (QED) is 0.841. The monoisotopic (exact) mass is 347 g/mol. The number of nitrogens with one attached hydrogen (secondary N) is 1. The molecule has 1 heterocycles. The molecule has 1 saturated carbocycles. The van der Waals surface area contributed by atoms with Crippen molar-refractivity contribution in [2.24, 2.45) is 11.8 Å². The minimum atomic E-state index is -0.261. The smallest absolute Gasteiger partial charge is 0.249 e. The summed E-state index contributed by atoms with van der Waals surface area (Å²) in [5.41, 5.74) is 0.797. The molecule has 0 radical (unpaired) electrons. The lowest BCUT2D eigenvalue weighted by molar-refractivity contribution is -0.128. The zero-order valence-electron chi connectivity index (χ0n) is 14.0. The van der Waals surface area contributed by atoms with E-state index in [-0.39, 0.29) is 23.8 Å². The molecule has 3 rings (SSSR count). The van der Waals surface area contributed by atoms with Gasteiger partial charge in [0.15, 0.2) is 0 Å². The van der Waals surface area contributed by atoms with Crippen molar-refractivity contribution in [2.45, 2.75) is 45.6 Å². The van der Waals surface area contributed by atoms with Crippen LogP contribution in [0.4, 0.5) is 0 Å². The second kappa shape index (κ2) is 7.34. The van der Waals surface area contributed by atoms with Gasteiger partial charge in [0.2, 0.25) is 17.6 Å². The minimum absolute atomic E-state index is 0.0917. The number of benzene rings is 1. The molecule has 1 aromatic heterocycles. The summed E-state index contributed by atoms with van der Waals surface area (Å²) in [6.45, 7) is 4.16. The molecule has 5 nitrogen and oxygen atoms in total. The van der Waals surface area contributed by atoms with Crippen molar-refractivity contribution < 1.29 is 9.32 Å². The summed E-state index contributed by atoms with van der Waals surface area (Å²) in [7, 11) is 0. The molecule has 1 fully saturated rings. The topological polar surface area (TPSA) is 68.0 Å². The Hall–Kier alpha value is -1.88. The number of amides is 1. The van der Waals surface area contributed by atoms with Gasteiger partial charge in [0, 0.05) is 16.5 Å². The molecule has 6 heteroatoms. The maximum Gasteiger partial charge on any atom is 0.249 e. The standard InChI is InChI=1S/C18H22ClN3O2/c1-3-11(2)15(20-17(23)12-6-4-7-12)18-21-16(22-24-18)13-8-5-9-14(19)10-13/h5,8-12,15H,3-4,6-7H2,1-2H3,(H,20,23)/t11-,15+/m0/s1. The van der Waals surface area contributed by atoms with E-state index in [1.165, 1.54) is 0 Å². The average Bonchev–Trinajstić information content (AvgIpc) is 3.00. The van der Waals surface area contributed by atoms with E-state index in [4.69, 9.17) is 16.1 Å². The second-order valence-electron chi connectivity index (χ2n) is 6.47. The number of carbonyl (C=O) groups excluding carboxylic acids is 1. The third-order valence-corrected chi connectivity index (χ3v) is 5.01. The van der Waals surface area contributed by atoms with Crippen LogP contribution in [0.2, 0.25) is 5.02 Å². The van der Waals surface area contributed by atoms with Crippen molar-refractivity contribution >= 4 is 17.5 Å². The van der Waals surface area contributed by atoms with E-state index < -0.39 is 0 Å². The van der Waals surface area contributed by atoms with Gasteiger partial charge in [-0.15, -0.1) is 0 Å². The van der Waals surface area contributed by atoms with Crippen LogP contribution in [0.5, 0.6) is 0 Å². The maximum absolute atomic E-state index is 12.3. The molecule has 0 bridgehead atoms. The van der Waals surface area contributed by atoms with Gasteiger partial charge in [0.25, 0.3) is 0 Å². The van der Waals surface area contributed by atoms with Gasteiger partial charge in [0.05, 0.1) is 0 Å². The summed E-state index contributed by atoms with van der Waals surface area (Å²) >= 11 is 6.02. The molecule has 0 saturated heterocycles. The van der Waals surface area contributed by atoms with Crippen molar-refractivity contribution in [3.8, 4) is 11.4 Å². The number of rotatable bonds is 6. The summed E-state index contributed by atoms with van der Waals surface area (Å²) in [6.07, 6.45) is 3.98. The molecular weight excluding hydrogens is 326 g/mol. The lowest BCUT2D eigenvalue weighted by Crippen LogP contribution is -2.39. The van der Waals surface area contributed by atoms with Crippen LogP contribution in [0.15, 0.2) is 28.8 Å². The van der Waals surface area contributed by atoms with Crippen LogP contribution < -0.4 is 5.32 Å². The van der Waals surface area contributed by atoms with Crippen LogP contribution >= 0.6 is 11.6 Å². The summed E-state index contributed by atoms with van der Waals surface area (Å²) in [5.74, 6) is 1.37. The first kappa shape index (κ1) is 17.0. The fourth-order valence-electron chi connectivity index (χ4n) is 2.73. The predicted molar refractivity (Wildman–Crippen MR) is 92.4 cm³/mol. The number of hydrogen-bond acceptors (Lipinski definition) is 4. The van der Waals surface area contributed by atoms with Gasteiger partial charge in [-0.1, -0.05) is 55.6 Å². The van der Waals surface area contributed by atoms with Crippen LogP contribution in [-0.4, -0.2) is 16.0 Å². The van der Waals surface area contributed by atoms with Gasteiger partial charge in [0.1, 0.15) is 6.04 Å². The zero-order valence-corrected chi connectivity index (χ0v) is 14.7. The fourth-order valence-corrected chi connectivity index (χ4v) is 2.92. The third kappa shape index (κ3) is 3.61. The Morgan fingerprint density at radius 3 is 2.88 bits per heavy atom. The van der Waals surface area contributed by atoms with E-state index >= 15 is 0 Å². The Kier molecular flexibility index (Phi) is 5.19. The minimum Gasteiger partial charge on any atom is -0.344 e. The average molecular weight is 348 g/mol. The molecule has 0 unspecified atom stereocenters. The highest BCUT2D eigenvalue weighted by atomic mass is 35.5. The van der Waals surface area contributed by atoms with E-state index in [1.54, 1.807) is 12.1 Å². The largest absolute Gasteiger partial charge is 0.344 e. The number of aromatic nitrogens is 2. The highest BCUT2D eigenvalue weighted by Crippen LogP contribution is 2.30. The summed E-state index contributed by atoms with van der Waals surface area (Å²) in [5, 5.41) is 7.78. The molecule has 1 N–H and O–H groups in total. The second-order valence-corrected chi connectivity index (χ2v) is 6.90. The molecule has 1 aliphatic rings. The summed E-state index contributed by atoms with van der Waals surface area (Å²) < 4.78 is 5.46. The first-order chi connectivity index (χ1) is 11.6. The molecule has 2 atom stereocenters. The molecule has 1 amide bonds. The zero-order chi connectivity index (χ0) is 17.1. The Bertz CT molecular complexity index is 712. The van der Waals surface area contributed by atoms with Crippen molar-refractivity contribution in [3.05, 3.63) is 35.2 Å². The molecule has 1 aromatic carbocycles. The van der Waals surface area contributed by atoms with E-state index in [2.05, 4.69) is 29.3 Å². The van der Waals surface area contributed by atoms with Crippen LogP contribution in [-0.2, 0) is 4.79 Å². The first-order valence-corrected chi connectivity index (χ1v) is 8.86. The van der Waals surface area contributed by atoms with Gasteiger partial charge in [-0.3, -0.25) is 4.79 Å². The number of halogens is 1. The SMILES string of the molecule is CC[C@H](C)[C@@H](NC(=O)C1CCC1)c1nc(-c2cccc(Cl)c2)no1. The number of carbonyl (C=O) groups is 1. The first-order valence-electron chi connectivity index (χ1n) is 8.48. The van der Waals surface area contributed by atoms with Crippen molar-refractivity contribution in [1.82, 2.24) is 15.5 Å². The Balaban J connectivity index is 1.81. The van der Waals surface area contributed by atoms with Crippen LogP contribution in [0.1, 0.15) is 51.5 Å². The lowest BCUT2D eigenvalue weighted by Gasteiger charge is -2.28. The van der Waals surface area contributed by atoms with Gasteiger partial charge < -0.3 is 9.84 Å². The summed E-state index contributed by atoms with van der Waals surface area (Å²) in [6, 6.07) is 7.06. The normalized spacial score (nSPS) is 17.1. The summed E-state index contributed by atoms with van der Waals surface area (Å²) in [4.78, 5) is 16.8. The van der Waals surface area contributed by atoms with Gasteiger partial charge in [-0.25, -0.2) is 0 Å². The van der Waals surface area contributed by atoms with E-state index in [9.17, 15) is 4.79 Å². The van der Waals surface area contributed by atoms with E-state index in [0.717, 1.165) is 31.2 Å². The molecular formula is C18H22ClN3O2. The van der Waals surface area contributed by atoms with Gasteiger partial charge in [-0.05, 0) is 30.9 Å². The molecule has 2 aromatic rings. The van der Waals surface area contributed by atoms with Crippen LogP contribution in [0.3, 0.4) is 0 Å². The Morgan fingerprint density at radius 1 is 1.46 bits per heavy atom. The Labute approximate surface area is 146 Å². The third-order valence-electron chi connectivity index (χ3n) is 4.78. The Morgan fingerprint density at radius 2 is 2.25 bits per heavy atom. The van der Waals surface area contributed by atoms with E-state index in [0.29, 0.717) is 16.7 Å². The highest BCUT2D eigenvalue weighted by molar-refractivity contribution is 6.30. The van der Waals surface area contributed by atoms with Crippen molar-refractivity contribution in [3.63, 3.8) is 0 Å². The maximum atomic E-state index is 12.3. The van der Waals surface area contributed by atoms with Crippen molar-refractivity contribution in [2.75, 3.05) is 0 Å². The lowest BCUT2D eigenvalue weighted by atomic mass is 9.84. The highest BCUT2D eigenvalue weighted by Gasteiger charge is 2.31. The molecule has 1 aliphatic carbocycles. The van der Waals surface area contributed by atoms with Gasteiger partial charge >= 0.3 is 0 Å². The predicted octanol–water partition coefficient (Wildman–Crippen LogP) is 4.39. The van der Waals surface area contributed by atoms with Crippen molar-refractivity contribution in [1.29, 1.82) is 0 Å².